The monoisotopic (exact) mass is 659 g/mol. The van der Waals surface area contributed by atoms with E-state index < -0.39 is 0 Å². The SMILES string of the molecule is c1ccc(-c2ccc(N(c3ccc(-c4ccc5cc6c(cc5c4)sc4ccccc46)cc3)c3cccc4c3sc3ccccc34)cc2)cc1. The Balaban J connectivity index is 1.08. The van der Waals surface area contributed by atoms with Gasteiger partial charge in [0.25, 0.3) is 0 Å². The molecule has 0 N–H and O–H groups in total. The molecule has 0 aliphatic rings. The van der Waals surface area contributed by atoms with E-state index in [-0.39, 0.29) is 0 Å². The van der Waals surface area contributed by atoms with Crippen LogP contribution in [0, 0.1) is 0 Å². The molecule has 0 radical (unpaired) electrons. The molecular weight excluding hydrogens is 631 g/mol. The average Bonchev–Trinajstić information content (AvgIpc) is 3.73. The van der Waals surface area contributed by atoms with Gasteiger partial charge in [0, 0.05) is 47.0 Å². The summed E-state index contributed by atoms with van der Waals surface area (Å²) in [6.45, 7) is 0. The molecule has 0 fully saturated rings. The van der Waals surface area contributed by atoms with Crippen LogP contribution in [0.15, 0.2) is 176 Å². The van der Waals surface area contributed by atoms with E-state index in [4.69, 9.17) is 0 Å². The Morgan fingerprint density at radius 3 is 1.63 bits per heavy atom. The van der Waals surface area contributed by atoms with Crippen LogP contribution in [0.3, 0.4) is 0 Å². The maximum atomic E-state index is 2.41. The molecule has 10 aromatic rings. The van der Waals surface area contributed by atoms with Crippen LogP contribution in [-0.2, 0) is 0 Å². The quantitative estimate of drug-likeness (QED) is 0.178. The molecule has 1 nitrogen and oxygen atoms in total. The van der Waals surface area contributed by atoms with Crippen LogP contribution in [0.2, 0.25) is 0 Å². The van der Waals surface area contributed by atoms with E-state index in [2.05, 4.69) is 181 Å². The minimum absolute atomic E-state index is 1.13. The standard InChI is InChI=1S/C46H29NS2/c1-2-9-30(10-3-1)31-19-23-36(24-20-31)47(42-14-8-13-40-38-11-4-7-16-44(38)49-46(40)42)37-25-21-32(22-26-37)33-17-18-34-28-41-39-12-5-6-15-43(39)48-45(41)29-35(34)27-33/h1-29H. The van der Waals surface area contributed by atoms with Crippen LogP contribution in [0.1, 0.15) is 0 Å². The van der Waals surface area contributed by atoms with Crippen LogP contribution >= 0.6 is 22.7 Å². The Labute approximate surface area is 292 Å². The van der Waals surface area contributed by atoms with Gasteiger partial charge in [0.05, 0.1) is 10.4 Å². The molecule has 0 saturated heterocycles. The number of hydrogen-bond acceptors (Lipinski definition) is 3. The second-order valence-electron chi connectivity index (χ2n) is 12.6. The molecular formula is C46H29NS2. The van der Waals surface area contributed by atoms with E-state index in [0.717, 1.165) is 11.4 Å². The van der Waals surface area contributed by atoms with Crippen molar-refractivity contribution in [2.24, 2.45) is 0 Å². The van der Waals surface area contributed by atoms with Crippen molar-refractivity contribution in [3.8, 4) is 22.3 Å². The second-order valence-corrected chi connectivity index (χ2v) is 14.7. The summed E-state index contributed by atoms with van der Waals surface area (Å²) >= 11 is 3.74. The van der Waals surface area contributed by atoms with Gasteiger partial charge in [-0.1, -0.05) is 115 Å². The number of fused-ring (bicyclic) bond motifs is 7. The highest BCUT2D eigenvalue weighted by Crippen LogP contribution is 2.45. The highest BCUT2D eigenvalue weighted by atomic mass is 32.1. The van der Waals surface area contributed by atoms with Gasteiger partial charge in [0.15, 0.2) is 0 Å². The Hall–Kier alpha value is -5.74. The van der Waals surface area contributed by atoms with Crippen molar-refractivity contribution in [2.75, 3.05) is 4.90 Å². The predicted molar refractivity (Wildman–Crippen MR) is 215 cm³/mol. The number of thiophene rings is 2. The molecule has 0 spiro atoms. The highest BCUT2D eigenvalue weighted by molar-refractivity contribution is 7.26. The normalized spacial score (nSPS) is 11.7. The van der Waals surface area contributed by atoms with Crippen molar-refractivity contribution in [3.05, 3.63) is 176 Å². The van der Waals surface area contributed by atoms with Gasteiger partial charge in [-0.05, 0) is 93.7 Å². The molecule has 230 valence electrons. The minimum Gasteiger partial charge on any atom is -0.309 e. The summed E-state index contributed by atoms with van der Waals surface area (Å²) < 4.78 is 5.28. The Bertz CT molecular complexity index is 2810. The summed E-state index contributed by atoms with van der Waals surface area (Å²) in [6.07, 6.45) is 0. The predicted octanol–water partition coefficient (Wildman–Crippen LogP) is 14.4. The fourth-order valence-electron chi connectivity index (χ4n) is 7.22. The smallest absolute Gasteiger partial charge is 0.0640 e. The van der Waals surface area contributed by atoms with Gasteiger partial charge >= 0.3 is 0 Å². The summed E-state index contributed by atoms with van der Waals surface area (Å²) in [7, 11) is 0. The van der Waals surface area contributed by atoms with Crippen molar-refractivity contribution in [1.29, 1.82) is 0 Å². The molecule has 49 heavy (non-hydrogen) atoms. The Kier molecular flexibility index (Phi) is 6.61. The Morgan fingerprint density at radius 1 is 0.327 bits per heavy atom. The van der Waals surface area contributed by atoms with E-state index in [1.54, 1.807) is 0 Å². The molecule has 0 aliphatic carbocycles. The van der Waals surface area contributed by atoms with Crippen molar-refractivity contribution < 1.29 is 0 Å². The van der Waals surface area contributed by atoms with E-state index in [1.807, 2.05) is 22.7 Å². The molecule has 0 saturated carbocycles. The first kappa shape index (κ1) is 28.3. The van der Waals surface area contributed by atoms with Crippen molar-refractivity contribution in [1.82, 2.24) is 0 Å². The van der Waals surface area contributed by atoms with Crippen LogP contribution in [0.4, 0.5) is 17.1 Å². The van der Waals surface area contributed by atoms with E-state index >= 15 is 0 Å². The maximum Gasteiger partial charge on any atom is 0.0640 e. The first-order valence-electron chi connectivity index (χ1n) is 16.6. The number of rotatable bonds is 5. The molecule has 0 amide bonds. The van der Waals surface area contributed by atoms with Crippen LogP contribution in [0.5, 0.6) is 0 Å². The van der Waals surface area contributed by atoms with Gasteiger partial charge in [-0.3, -0.25) is 0 Å². The zero-order chi connectivity index (χ0) is 32.3. The molecule has 0 bridgehead atoms. The van der Waals surface area contributed by atoms with Gasteiger partial charge in [-0.25, -0.2) is 0 Å². The molecule has 8 aromatic carbocycles. The third-order valence-corrected chi connectivity index (χ3v) is 12.0. The summed E-state index contributed by atoms with van der Waals surface area (Å²) in [4.78, 5) is 2.41. The van der Waals surface area contributed by atoms with Crippen LogP contribution in [0.25, 0.3) is 73.4 Å². The lowest BCUT2D eigenvalue weighted by molar-refractivity contribution is 1.30. The summed E-state index contributed by atoms with van der Waals surface area (Å²) in [6, 6.07) is 64.4. The molecule has 2 heterocycles. The molecule has 2 aromatic heterocycles. The van der Waals surface area contributed by atoms with Gasteiger partial charge in [0.2, 0.25) is 0 Å². The average molecular weight is 660 g/mol. The zero-order valence-electron chi connectivity index (χ0n) is 26.5. The van der Waals surface area contributed by atoms with Crippen molar-refractivity contribution in [3.63, 3.8) is 0 Å². The fourth-order valence-corrected chi connectivity index (χ4v) is 9.56. The van der Waals surface area contributed by atoms with E-state index in [9.17, 15) is 0 Å². The lowest BCUT2D eigenvalue weighted by Crippen LogP contribution is -2.10. The third-order valence-electron chi connectivity index (χ3n) is 9.65. The number of hydrogen-bond donors (Lipinski definition) is 0. The Morgan fingerprint density at radius 2 is 0.898 bits per heavy atom. The van der Waals surface area contributed by atoms with Crippen LogP contribution in [-0.4, -0.2) is 0 Å². The molecule has 3 heteroatoms. The molecule has 0 unspecified atom stereocenters. The van der Waals surface area contributed by atoms with E-state index in [1.165, 1.54) is 79.1 Å². The van der Waals surface area contributed by atoms with Crippen molar-refractivity contribution in [2.45, 2.75) is 0 Å². The van der Waals surface area contributed by atoms with Gasteiger partial charge in [-0.15, -0.1) is 22.7 Å². The fraction of sp³-hybridized carbons (Fsp3) is 0. The third kappa shape index (κ3) is 4.82. The lowest BCUT2D eigenvalue weighted by atomic mass is 9.99. The van der Waals surface area contributed by atoms with Crippen molar-refractivity contribution >= 4 is 90.9 Å². The topological polar surface area (TPSA) is 3.24 Å². The lowest BCUT2D eigenvalue weighted by Gasteiger charge is -2.26. The maximum absolute atomic E-state index is 2.41. The first-order valence-corrected chi connectivity index (χ1v) is 18.2. The number of nitrogens with zero attached hydrogens (tertiary/aromatic N) is 1. The molecule has 10 rings (SSSR count). The van der Waals surface area contributed by atoms with Crippen LogP contribution < -0.4 is 4.90 Å². The van der Waals surface area contributed by atoms with Gasteiger partial charge < -0.3 is 4.90 Å². The zero-order valence-corrected chi connectivity index (χ0v) is 28.1. The number of anilines is 3. The van der Waals surface area contributed by atoms with E-state index in [0.29, 0.717) is 0 Å². The minimum atomic E-state index is 1.13. The van der Waals surface area contributed by atoms with Gasteiger partial charge in [-0.2, -0.15) is 0 Å². The summed E-state index contributed by atoms with van der Waals surface area (Å²) in [5.41, 5.74) is 8.33. The first-order chi connectivity index (χ1) is 24.3. The highest BCUT2D eigenvalue weighted by Gasteiger charge is 2.18. The summed E-state index contributed by atoms with van der Waals surface area (Å²) in [5.74, 6) is 0. The number of benzene rings is 8. The molecule has 0 aliphatic heterocycles. The largest absolute Gasteiger partial charge is 0.309 e. The molecule has 0 atom stereocenters. The van der Waals surface area contributed by atoms with Gasteiger partial charge in [0.1, 0.15) is 0 Å². The second kappa shape index (κ2) is 11.5. The summed E-state index contributed by atoms with van der Waals surface area (Å²) in [5, 5.41) is 7.84.